The molecule has 0 amide bonds. The first-order chi connectivity index (χ1) is 10.1. The Balaban J connectivity index is 1.94. The van der Waals surface area contributed by atoms with E-state index in [9.17, 15) is 8.42 Å². The Hall–Kier alpha value is -2.21. The first-order valence-electron chi connectivity index (χ1n) is 6.63. The molecule has 2 aromatic rings. The number of benzene rings is 2. The highest BCUT2D eigenvalue weighted by molar-refractivity contribution is 7.92. The van der Waals surface area contributed by atoms with Crippen LogP contribution in [-0.2, 0) is 16.4 Å². The van der Waals surface area contributed by atoms with Gasteiger partial charge in [-0.25, -0.2) is 8.42 Å². The van der Waals surface area contributed by atoms with Crippen LogP contribution < -0.4 is 14.8 Å². The van der Waals surface area contributed by atoms with Crippen LogP contribution in [0.2, 0.25) is 0 Å². The van der Waals surface area contributed by atoms with E-state index in [-0.39, 0.29) is 4.90 Å². The molecule has 0 fully saturated rings. The standard InChI is InChI=1S/C15H16N2O3S/c1-20-15-5-3-2-4-14(15)17-21(18,19)12-6-7-13-11(10-12)8-9-16-13/h2-7,10,16-17H,8-9H2,1H3. The van der Waals surface area contributed by atoms with Crippen molar-refractivity contribution in [3.8, 4) is 5.75 Å². The van der Waals surface area contributed by atoms with Gasteiger partial charge in [0.25, 0.3) is 10.0 Å². The minimum atomic E-state index is -3.63. The minimum Gasteiger partial charge on any atom is -0.495 e. The molecular weight excluding hydrogens is 288 g/mol. The Labute approximate surface area is 124 Å². The van der Waals surface area contributed by atoms with Crippen LogP contribution in [-0.4, -0.2) is 22.1 Å². The van der Waals surface area contributed by atoms with Gasteiger partial charge in [0.1, 0.15) is 5.75 Å². The first-order valence-corrected chi connectivity index (χ1v) is 8.11. The smallest absolute Gasteiger partial charge is 0.262 e. The Morgan fingerprint density at radius 3 is 2.81 bits per heavy atom. The van der Waals surface area contributed by atoms with Crippen LogP contribution in [0.25, 0.3) is 0 Å². The minimum absolute atomic E-state index is 0.260. The molecule has 0 radical (unpaired) electrons. The molecule has 1 aliphatic heterocycles. The summed E-state index contributed by atoms with van der Waals surface area (Å²) in [6.45, 7) is 0.846. The fraction of sp³-hybridized carbons (Fsp3) is 0.200. The lowest BCUT2D eigenvalue weighted by molar-refractivity contribution is 0.417. The van der Waals surface area contributed by atoms with Gasteiger partial charge in [0.15, 0.2) is 0 Å². The molecule has 2 N–H and O–H groups in total. The number of ether oxygens (including phenoxy) is 1. The van der Waals surface area contributed by atoms with Gasteiger partial charge < -0.3 is 10.1 Å². The third kappa shape index (κ3) is 2.67. The lowest BCUT2D eigenvalue weighted by atomic mass is 10.2. The summed E-state index contributed by atoms with van der Waals surface area (Å²) in [5, 5.41) is 3.21. The summed E-state index contributed by atoms with van der Waals surface area (Å²) in [5.74, 6) is 0.490. The highest BCUT2D eigenvalue weighted by Gasteiger charge is 2.19. The summed E-state index contributed by atoms with van der Waals surface area (Å²) in [6.07, 6.45) is 0.841. The summed E-state index contributed by atoms with van der Waals surface area (Å²) in [7, 11) is -2.12. The van der Waals surface area contributed by atoms with Gasteiger partial charge in [-0.1, -0.05) is 12.1 Å². The monoisotopic (exact) mass is 304 g/mol. The van der Waals surface area contributed by atoms with Crippen LogP contribution in [0.4, 0.5) is 11.4 Å². The van der Waals surface area contributed by atoms with Crippen LogP contribution >= 0.6 is 0 Å². The predicted octanol–water partition coefficient (Wildman–Crippen LogP) is 2.46. The molecule has 0 bridgehead atoms. The van der Waals surface area contributed by atoms with Crippen molar-refractivity contribution in [1.29, 1.82) is 0 Å². The van der Waals surface area contributed by atoms with Crippen molar-refractivity contribution in [1.82, 2.24) is 0 Å². The molecule has 0 atom stereocenters. The van der Waals surface area contributed by atoms with Gasteiger partial charge in [-0.15, -0.1) is 0 Å². The second-order valence-corrected chi connectivity index (χ2v) is 6.48. The molecule has 1 aliphatic rings. The summed E-state index contributed by atoms with van der Waals surface area (Å²) >= 11 is 0. The quantitative estimate of drug-likeness (QED) is 0.910. The van der Waals surface area contributed by atoms with Gasteiger partial charge >= 0.3 is 0 Å². The van der Waals surface area contributed by atoms with Gasteiger partial charge in [-0.05, 0) is 42.3 Å². The Morgan fingerprint density at radius 1 is 1.19 bits per heavy atom. The fourth-order valence-electron chi connectivity index (χ4n) is 2.38. The third-order valence-corrected chi connectivity index (χ3v) is 4.81. The van der Waals surface area contributed by atoms with Crippen LogP contribution in [0, 0.1) is 0 Å². The van der Waals surface area contributed by atoms with Crippen molar-refractivity contribution in [3.05, 3.63) is 48.0 Å². The lowest BCUT2D eigenvalue weighted by Gasteiger charge is -2.12. The van der Waals surface area contributed by atoms with E-state index in [0.29, 0.717) is 11.4 Å². The SMILES string of the molecule is COc1ccccc1NS(=O)(=O)c1ccc2c(c1)CCN2. The Bertz CT molecular complexity index is 772. The van der Waals surface area contributed by atoms with Crippen molar-refractivity contribution < 1.29 is 13.2 Å². The van der Waals surface area contributed by atoms with E-state index in [4.69, 9.17) is 4.74 Å². The summed E-state index contributed by atoms with van der Waals surface area (Å²) in [4.78, 5) is 0.260. The number of sulfonamides is 1. The van der Waals surface area contributed by atoms with Gasteiger partial charge in [0.2, 0.25) is 0 Å². The second-order valence-electron chi connectivity index (χ2n) is 4.80. The molecule has 0 saturated carbocycles. The average molecular weight is 304 g/mol. The molecule has 21 heavy (non-hydrogen) atoms. The second kappa shape index (κ2) is 5.29. The van der Waals surface area contributed by atoms with Crippen LogP contribution in [0.1, 0.15) is 5.56 Å². The zero-order valence-corrected chi connectivity index (χ0v) is 12.4. The maximum absolute atomic E-state index is 12.5. The molecule has 3 rings (SSSR count). The molecule has 1 heterocycles. The van der Waals surface area contributed by atoms with Gasteiger partial charge in [0.05, 0.1) is 17.7 Å². The number of anilines is 2. The number of hydrogen-bond acceptors (Lipinski definition) is 4. The topological polar surface area (TPSA) is 67.4 Å². The number of methoxy groups -OCH3 is 1. The third-order valence-electron chi connectivity index (χ3n) is 3.45. The number of hydrogen-bond donors (Lipinski definition) is 2. The molecule has 0 spiro atoms. The molecule has 0 saturated heterocycles. The lowest BCUT2D eigenvalue weighted by Crippen LogP contribution is -2.13. The highest BCUT2D eigenvalue weighted by Crippen LogP contribution is 2.29. The molecule has 6 heteroatoms. The van der Waals surface area contributed by atoms with Crippen molar-refractivity contribution in [2.24, 2.45) is 0 Å². The fourth-order valence-corrected chi connectivity index (χ4v) is 3.50. The molecule has 2 aromatic carbocycles. The van der Waals surface area contributed by atoms with Gasteiger partial charge in [-0.2, -0.15) is 0 Å². The van der Waals surface area contributed by atoms with Gasteiger partial charge in [0, 0.05) is 12.2 Å². The zero-order valence-electron chi connectivity index (χ0n) is 11.6. The summed E-state index contributed by atoms with van der Waals surface area (Å²) in [5.41, 5.74) is 2.46. The maximum Gasteiger partial charge on any atom is 0.262 e. The van der Waals surface area contributed by atoms with Crippen molar-refractivity contribution >= 4 is 21.4 Å². The van der Waals surface area contributed by atoms with E-state index < -0.39 is 10.0 Å². The normalized spacial score (nSPS) is 13.4. The molecule has 5 nitrogen and oxygen atoms in total. The molecule has 0 unspecified atom stereocenters. The largest absolute Gasteiger partial charge is 0.495 e. The number of rotatable bonds is 4. The molecule has 110 valence electrons. The first kappa shape index (κ1) is 13.8. The van der Waals surface area contributed by atoms with E-state index >= 15 is 0 Å². The average Bonchev–Trinajstić information content (AvgIpc) is 2.95. The highest BCUT2D eigenvalue weighted by atomic mass is 32.2. The van der Waals surface area contributed by atoms with E-state index in [1.807, 2.05) is 0 Å². The van der Waals surface area contributed by atoms with Crippen molar-refractivity contribution in [2.45, 2.75) is 11.3 Å². The Morgan fingerprint density at radius 2 is 2.00 bits per heavy atom. The molecule has 0 aromatic heterocycles. The molecule has 0 aliphatic carbocycles. The van der Waals surface area contributed by atoms with E-state index in [0.717, 1.165) is 24.2 Å². The molecular formula is C15H16N2O3S. The van der Waals surface area contributed by atoms with Crippen molar-refractivity contribution in [2.75, 3.05) is 23.7 Å². The van der Waals surface area contributed by atoms with Crippen LogP contribution in [0.3, 0.4) is 0 Å². The van der Waals surface area contributed by atoms with E-state index in [1.165, 1.54) is 7.11 Å². The Kier molecular flexibility index (Phi) is 3.47. The van der Waals surface area contributed by atoms with Gasteiger partial charge in [-0.3, -0.25) is 4.72 Å². The summed E-state index contributed by atoms with van der Waals surface area (Å²) < 4.78 is 32.7. The van der Waals surface area contributed by atoms with E-state index in [1.54, 1.807) is 42.5 Å². The number of nitrogens with one attached hydrogen (secondary N) is 2. The number of fused-ring (bicyclic) bond motifs is 1. The van der Waals surface area contributed by atoms with E-state index in [2.05, 4.69) is 10.0 Å². The maximum atomic E-state index is 12.5. The summed E-state index contributed by atoms with van der Waals surface area (Å²) in [6, 6.07) is 12.1. The zero-order chi connectivity index (χ0) is 14.9. The number of para-hydroxylation sites is 2. The van der Waals surface area contributed by atoms with Crippen molar-refractivity contribution in [3.63, 3.8) is 0 Å². The van der Waals surface area contributed by atoms with Crippen LogP contribution in [0.15, 0.2) is 47.4 Å². The van der Waals surface area contributed by atoms with Crippen LogP contribution in [0.5, 0.6) is 5.75 Å². The predicted molar refractivity (Wildman–Crippen MR) is 82.4 cm³/mol.